The molecule has 2 aromatic carbocycles. The van der Waals surface area contributed by atoms with Crippen LogP contribution in [0.1, 0.15) is 38.3 Å². The average molecular weight is 389 g/mol. The Hall–Kier alpha value is -2.20. The van der Waals surface area contributed by atoms with Crippen molar-refractivity contribution in [3.63, 3.8) is 0 Å². The van der Waals surface area contributed by atoms with E-state index in [1.54, 1.807) is 12.1 Å². The monoisotopic (exact) mass is 388 g/mol. The largest absolute Gasteiger partial charge is 0.481 e. The number of nitrogens with zero attached hydrogens (tertiary/aromatic N) is 1. The van der Waals surface area contributed by atoms with Crippen LogP contribution in [0.4, 0.5) is 5.69 Å². The van der Waals surface area contributed by atoms with Crippen molar-refractivity contribution >= 4 is 23.2 Å². The summed E-state index contributed by atoms with van der Waals surface area (Å²) in [5.74, 6) is 0.542. The van der Waals surface area contributed by atoms with Crippen LogP contribution in [0, 0.1) is 6.92 Å². The second-order valence-corrected chi connectivity index (χ2v) is 6.89. The molecule has 1 unspecified atom stereocenters. The lowest BCUT2D eigenvalue weighted by molar-refractivity contribution is -0.128. The molecule has 2 aromatic rings. The summed E-state index contributed by atoms with van der Waals surface area (Å²) < 4.78 is 5.85. The number of halogens is 1. The minimum Gasteiger partial charge on any atom is -0.481 e. The molecule has 0 aliphatic carbocycles. The Bertz CT molecular complexity index is 742. The number of rotatable bonds is 9. The SMILES string of the molecule is CCC(Oc1ccc(Cl)c(C)c1)C(=O)NCc1ccc(N(CC)CC)cc1. The van der Waals surface area contributed by atoms with Gasteiger partial charge in [-0.25, -0.2) is 0 Å². The zero-order valence-corrected chi connectivity index (χ0v) is 17.3. The van der Waals surface area contributed by atoms with Gasteiger partial charge in [0, 0.05) is 30.3 Å². The van der Waals surface area contributed by atoms with Crippen LogP contribution >= 0.6 is 11.6 Å². The Balaban J connectivity index is 1.93. The van der Waals surface area contributed by atoms with Gasteiger partial charge in [0.1, 0.15) is 5.75 Å². The van der Waals surface area contributed by atoms with Gasteiger partial charge in [-0.2, -0.15) is 0 Å². The van der Waals surface area contributed by atoms with E-state index in [0.717, 1.165) is 24.2 Å². The third-order valence-electron chi connectivity index (χ3n) is 4.60. The second-order valence-electron chi connectivity index (χ2n) is 6.48. The molecule has 0 aromatic heterocycles. The van der Waals surface area contributed by atoms with Crippen molar-refractivity contribution in [1.82, 2.24) is 5.32 Å². The topological polar surface area (TPSA) is 41.6 Å². The van der Waals surface area contributed by atoms with Gasteiger partial charge in [0.2, 0.25) is 0 Å². The molecule has 0 aliphatic heterocycles. The maximum absolute atomic E-state index is 12.5. The van der Waals surface area contributed by atoms with Crippen molar-refractivity contribution in [1.29, 1.82) is 0 Å². The number of carbonyl (C=O) groups excluding carboxylic acids is 1. The Morgan fingerprint density at radius 3 is 2.33 bits per heavy atom. The van der Waals surface area contributed by atoms with Crippen molar-refractivity contribution in [2.24, 2.45) is 0 Å². The number of aryl methyl sites for hydroxylation is 1. The molecule has 1 amide bonds. The smallest absolute Gasteiger partial charge is 0.261 e. The molecule has 4 nitrogen and oxygen atoms in total. The molecule has 146 valence electrons. The minimum atomic E-state index is -0.527. The normalized spacial score (nSPS) is 11.7. The highest BCUT2D eigenvalue weighted by molar-refractivity contribution is 6.31. The molecule has 0 heterocycles. The molecular weight excluding hydrogens is 360 g/mol. The van der Waals surface area contributed by atoms with E-state index in [2.05, 4.69) is 48.3 Å². The van der Waals surface area contributed by atoms with Crippen molar-refractivity contribution in [2.75, 3.05) is 18.0 Å². The Kier molecular flexibility index (Phi) is 7.99. The Labute approximate surface area is 167 Å². The highest BCUT2D eigenvalue weighted by Gasteiger charge is 2.18. The summed E-state index contributed by atoms with van der Waals surface area (Å²) in [5.41, 5.74) is 3.19. The number of ether oxygens (including phenoxy) is 1. The molecule has 1 N–H and O–H groups in total. The molecule has 0 bridgehead atoms. The number of nitrogens with one attached hydrogen (secondary N) is 1. The van der Waals surface area contributed by atoms with Gasteiger partial charge in [-0.15, -0.1) is 0 Å². The average Bonchev–Trinajstić information content (AvgIpc) is 2.68. The highest BCUT2D eigenvalue weighted by Crippen LogP contribution is 2.22. The van der Waals surface area contributed by atoms with Crippen LogP contribution in [-0.4, -0.2) is 25.1 Å². The van der Waals surface area contributed by atoms with Crippen LogP contribution in [0.5, 0.6) is 5.75 Å². The number of hydrogen-bond acceptors (Lipinski definition) is 3. The summed E-state index contributed by atoms with van der Waals surface area (Å²) >= 11 is 6.04. The fraction of sp³-hybridized carbons (Fsp3) is 0.409. The van der Waals surface area contributed by atoms with E-state index in [1.165, 1.54) is 5.69 Å². The number of anilines is 1. The number of carbonyl (C=O) groups is 1. The van der Waals surface area contributed by atoms with Gasteiger partial charge in [-0.1, -0.05) is 30.7 Å². The lowest BCUT2D eigenvalue weighted by atomic mass is 10.1. The van der Waals surface area contributed by atoms with E-state index < -0.39 is 6.10 Å². The van der Waals surface area contributed by atoms with Gasteiger partial charge in [0.25, 0.3) is 5.91 Å². The summed E-state index contributed by atoms with van der Waals surface area (Å²) in [4.78, 5) is 14.8. The zero-order valence-electron chi connectivity index (χ0n) is 16.6. The van der Waals surface area contributed by atoms with Crippen LogP contribution in [0.3, 0.4) is 0 Å². The first-order chi connectivity index (χ1) is 13.0. The number of amides is 1. The zero-order chi connectivity index (χ0) is 19.8. The number of hydrogen-bond donors (Lipinski definition) is 1. The van der Waals surface area contributed by atoms with Crippen molar-refractivity contribution in [3.8, 4) is 5.75 Å². The van der Waals surface area contributed by atoms with Crippen LogP contribution in [0.25, 0.3) is 0 Å². The van der Waals surface area contributed by atoms with E-state index >= 15 is 0 Å². The maximum atomic E-state index is 12.5. The van der Waals surface area contributed by atoms with E-state index in [1.807, 2.05) is 19.9 Å². The molecule has 0 radical (unpaired) electrons. The predicted octanol–water partition coefficient (Wildman–Crippen LogP) is 4.97. The van der Waals surface area contributed by atoms with Crippen LogP contribution in [-0.2, 0) is 11.3 Å². The summed E-state index contributed by atoms with van der Waals surface area (Å²) in [5, 5.41) is 3.66. The quantitative estimate of drug-likeness (QED) is 0.659. The first kappa shape index (κ1) is 21.1. The van der Waals surface area contributed by atoms with Crippen molar-refractivity contribution in [3.05, 3.63) is 58.6 Å². The van der Waals surface area contributed by atoms with Crippen LogP contribution in [0.2, 0.25) is 5.02 Å². The molecule has 2 rings (SSSR count). The molecule has 0 spiro atoms. The van der Waals surface area contributed by atoms with Crippen LogP contribution in [0.15, 0.2) is 42.5 Å². The van der Waals surface area contributed by atoms with E-state index in [-0.39, 0.29) is 5.91 Å². The first-order valence-electron chi connectivity index (χ1n) is 9.52. The summed E-state index contributed by atoms with van der Waals surface area (Å²) in [6, 6.07) is 13.7. The van der Waals surface area contributed by atoms with Gasteiger partial charge < -0.3 is 15.0 Å². The van der Waals surface area contributed by atoms with Gasteiger partial charge in [-0.05, 0) is 68.7 Å². The van der Waals surface area contributed by atoms with Crippen molar-refractivity contribution in [2.45, 2.75) is 46.8 Å². The maximum Gasteiger partial charge on any atom is 0.261 e. The van der Waals surface area contributed by atoms with Gasteiger partial charge in [0.15, 0.2) is 6.10 Å². The lowest BCUT2D eigenvalue weighted by Gasteiger charge is -2.21. The Morgan fingerprint density at radius 2 is 1.78 bits per heavy atom. The van der Waals surface area contributed by atoms with E-state index in [9.17, 15) is 4.79 Å². The van der Waals surface area contributed by atoms with Gasteiger partial charge >= 0.3 is 0 Å². The van der Waals surface area contributed by atoms with Crippen LogP contribution < -0.4 is 15.0 Å². The fourth-order valence-electron chi connectivity index (χ4n) is 2.89. The van der Waals surface area contributed by atoms with Gasteiger partial charge in [-0.3, -0.25) is 4.79 Å². The molecule has 0 saturated heterocycles. The van der Waals surface area contributed by atoms with E-state index in [0.29, 0.717) is 23.7 Å². The molecule has 0 fully saturated rings. The molecule has 5 heteroatoms. The van der Waals surface area contributed by atoms with Crippen molar-refractivity contribution < 1.29 is 9.53 Å². The van der Waals surface area contributed by atoms with E-state index in [4.69, 9.17) is 16.3 Å². The third-order valence-corrected chi connectivity index (χ3v) is 5.03. The molecule has 0 aliphatic rings. The van der Waals surface area contributed by atoms with Gasteiger partial charge in [0.05, 0.1) is 0 Å². The highest BCUT2D eigenvalue weighted by atomic mass is 35.5. The summed E-state index contributed by atoms with van der Waals surface area (Å²) in [6.45, 7) is 10.6. The summed E-state index contributed by atoms with van der Waals surface area (Å²) in [7, 11) is 0. The minimum absolute atomic E-state index is 0.113. The first-order valence-corrected chi connectivity index (χ1v) is 9.90. The Morgan fingerprint density at radius 1 is 1.11 bits per heavy atom. The molecule has 27 heavy (non-hydrogen) atoms. The third kappa shape index (κ3) is 5.90. The standard InChI is InChI=1S/C22H29ClN2O2/c1-5-21(27-19-12-13-20(23)16(4)14-19)22(26)24-15-17-8-10-18(11-9-17)25(6-2)7-3/h8-14,21H,5-7,15H2,1-4H3,(H,24,26). The predicted molar refractivity (Wildman–Crippen MR) is 113 cm³/mol. The molecular formula is C22H29ClN2O2. The number of benzene rings is 2. The molecule has 0 saturated carbocycles. The lowest BCUT2D eigenvalue weighted by Crippen LogP contribution is -2.37. The fourth-order valence-corrected chi connectivity index (χ4v) is 3.01. The second kappa shape index (κ2) is 10.2. The summed E-state index contributed by atoms with van der Waals surface area (Å²) in [6.07, 6.45) is 0.0644. The molecule has 1 atom stereocenters.